The highest BCUT2D eigenvalue weighted by Gasteiger charge is 2.15. The maximum absolute atomic E-state index is 11.6. The molecule has 1 aliphatic rings. The van der Waals surface area contributed by atoms with Crippen molar-refractivity contribution in [3.8, 4) is 0 Å². The van der Waals surface area contributed by atoms with Gasteiger partial charge >= 0.3 is 0 Å². The zero-order valence-corrected chi connectivity index (χ0v) is 13.3. The van der Waals surface area contributed by atoms with E-state index in [-0.39, 0.29) is 5.56 Å². The van der Waals surface area contributed by atoms with Gasteiger partial charge in [0, 0.05) is 57.6 Å². The van der Waals surface area contributed by atoms with Crippen LogP contribution < -0.4 is 10.9 Å². The maximum Gasteiger partial charge on any atom is 0.250 e. The lowest BCUT2D eigenvalue weighted by atomic mass is 10.2. The first-order valence-corrected chi connectivity index (χ1v) is 7.95. The Bertz CT molecular complexity index is 465. The van der Waals surface area contributed by atoms with Gasteiger partial charge in [0.2, 0.25) is 5.56 Å². The number of pyridine rings is 1. The molecule has 0 amide bonds. The van der Waals surface area contributed by atoms with Crippen LogP contribution in [0.4, 0.5) is 0 Å². The minimum atomic E-state index is 0.0861. The summed E-state index contributed by atoms with van der Waals surface area (Å²) in [6, 6.07) is 5.81. The summed E-state index contributed by atoms with van der Waals surface area (Å²) < 4.78 is 1.77. The average molecular weight is 292 g/mol. The van der Waals surface area contributed by atoms with Gasteiger partial charge in [0.15, 0.2) is 0 Å². The van der Waals surface area contributed by atoms with Gasteiger partial charge in [-0.15, -0.1) is 0 Å². The Morgan fingerprint density at radius 3 is 2.71 bits per heavy atom. The average Bonchev–Trinajstić information content (AvgIpc) is 2.48. The fourth-order valence-electron chi connectivity index (χ4n) is 2.73. The van der Waals surface area contributed by atoms with E-state index in [1.165, 1.54) is 26.2 Å². The van der Waals surface area contributed by atoms with Crippen LogP contribution in [0.5, 0.6) is 0 Å². The smallest absolute Gasteiger partial charge is 0.250 e. The zero-order chi connectivity index (χ0) is 15.1. The maximum atomic E-state index is 11.6. The van der Waals surface area contributed by atoms with E-state index < -0.39 is 0 Å². The normalized spacial score (nSPS) is 18.8. The number of likely N-dealkylation sites (N-methyl/N-ethyl adjacent to an activating group) is 1. The number of nitrogens with zero attached hydrogens (tertiary/aromatic N) is 3. The van der Waals surface area contributed by atoms with Crippen molar-refractivity contribution in [2.45, 2.75) is 25.9 Å². The second-order valence-corrected chi connectivity index (χ2v) is 6.04. The van der Waals surface area contributed by atoms with Gasteiger partial charge in [0.05, 0.1) is 0 Å². The Labute approximate surface area is 127 Å². The molecule has 1 fully saturated rings. The van der Waals surface area contributed by atoms with Gasteiger partial charge in [0.1, 0.15) is 0 Å². The van der Waals surface area contributed by atoms with Gasteiger partial charge in [-0.05, 0) is 33.0 Å². The first-order chi connectivity index (χ1) is 10.1. The van der Waals surface area contributed by atoms with Gasteiger partial charge in [-0.2, -0.15) is 0 Å². The van der Waals surface area contributed by atoms with E-state index in [4.69, 9.17) is 0 Å². The molecule has 1 aromatic rings. The van der Waals surface area contributed by atoms with Crippen molar-refractivity contribution in [3.05, 3.63) is 34.7 Å². The number of aromatic nitrogens is 1. The summed E-state index contributed by atoms with van der Waals surface area (Å²) in [6.07, 6.45) is 2.84. The molecule has 1 saturated heterocycles. The lowest BCUT2D eigenvalue weighted by molar-refractivity contribution is 0.144. The minimum absolute atomic E-state index is 0.0861. The number of aryl methyl sites for hydroxylation is 1. The predicted molar refractivity (Wildman–Crippen MR) is 86.7 cm³/mol. The summed E-state index contributed by atoms with van der Waals surface area (Å²) in [5.74, 6) is 0. The molecule has 1 aliphatic heterocycles. The largest absolute Gasteiger partial charge is 0.315 e. The topological polar surface area (TPSA) is 40.5 Å². The standard InChI is InChI=1S/C16H28N4O/c1-15(14-19-12-10-18(2)11-13-19)17-7-5-9-20-8-4-3-6-16(20)21/h3-4,6,8,15,17H,5,7,9-14H2,1-2H3. The lowest BCUT2D eigenvalue weighted by Gasteiger charge is -2.34. The first-order valence-electron chi connectivity index (χ1n) is 7.95. The Kier molecular flexibility index (Phi) is 6.42. The quantitative estimate of drug-likeness (QED) is 0.742. The second kappa shape index (κ2) is 8.32. The van der Waals surface area contributed by atoms with Crippen molar-refractivity contribution in [2.75, 3.05) is 46.3 Å². The molecule has 1 aromatic heterocycles. The van der Waals surface area contributed by atoms with E-state index in [0.717, 1.165) is 26.1 Å². The molecule has 0 aromatic carbocycles. The summed E-state index contributed by atoms with van der Waals surface area (Å²) in [6.45, 7) is 9.77. The highest BCUT2D eigenvalue weighted by molar-refractivity contribution is 4.93. The Balaban J connectivity index is 1.60. The number of nitrogens with one attached hydrogen (secondary N) is 1. The lowest BCUT2D eigenvalue weighted by Crippen LogP contribution is -2.49. The molecule has 118 valence electrons. The molecule has 0 spiro atoms. The number of hydrogen-bond donors (Lipinski definition) is 1. The molecule has 21 heavy (non-hydrogen) atoms. The molecule has 5 heteroatoms. The molecule has 1 atom stereocenters. The molecular formula is C16H28N4O. The van der Waals surface area contributed by atoms with Crippen LogP contribution in [0.15, 0.2) is 29.2 Å². The molecule has 1 N–H and O–H groups in total. The summed E-state index contributed by atoms with van der Waals surface area (Å²) in [7, 11) is 2.19. The van der Waals surface area contributed by atoms with Crippen LogP contribution in [0, 0.1) is 0 Å². The number of hydrogen-bond acceptors (Lipinski definition) is 4. The van der Waals surface area contributed by atoms with Gasteiger partial charge in [-0.25, -0.2) is 0 Å². The highest BCUT2D eigenvalue weighted by atomic mass is 16.1. The molecule has 2 heterocycles. The summed E-state index contributed by atoms with van der Waals surface area (Å²) in [4.78, 5) is 16.5. The van der Waals surface area contributed by atoms with E-state index in [2.05, 4.69) is 29.1 Å². The Hall–Kier alpha value is -1.17. The molecule has 0 radical (unpaired) electrons. The third-order valence-corrected chi connectivity index (χ3v) is 4.10. The second-order valence-electron chi connectivity index (χ2n) is 6.04. The van der Waals surface area contributed by atoms with Crippen molar-refractivity contribution in [1.82, 2.24) is 19.7 Å². The first kappa shape index (κ1) is 16.2. The molecular weight excluding hydrogens is 264 g/mol. The number of rotatable bonds is 7. The molecule has 0 aliphatic carbocycles. The van der Waals surface area contributed by atoms with Crippen LogP contribution in [-0.4, -0.2) is 66.7 Å². The van der Waals surface area contributed by atoms with Gasteiger partial charge in [-0.3, -0.25) is 9.69 Å². The van der Waals surface area contributed by atoms with Crippen LogP contribution in [0.1, 0.15) is 13.3 Å². The van der Waals surface area contributed by atoms with Crippen molar-refractivity contribution in [3.63, 3.8) is 0 Å². The fourth-order valence-corrected chi connectivity index (χ4v) is 2.73. The van der Waals surface area contributed by atoms with Crippen molar-refractivity contribution >= 4 is 0 Å². The molecule has 1 unspecified atom stereocenters. The Morgan fingerprint density at radius 1 is 1.24 bits per heavy atom. The predicted octanol–water partition coefficient (Wildman–Crippen LogP) is 0.464. The van der Waals surface area contributed by atoms with E-state index in [1.807, 2.05) is 12.3 Å². The van der Waals surface area contributed by atoms with Gasteiger partial charge in [-0.1, -0.05) is 6.07 Å². The van der Waals surface area contributed by atoms with E-state index in [9.17, 15) is 4.79 Å². The fraction of sp³-hybridized carbons (Fsp3) is 0.688. The van der Waals surface area contributed by atoms with Crippen LogP contribution in [-0.2, 0) is 6.54 Å². The Morgan fingerprint density at radius 2 is 2.00 bits per heavy atom. The molecule has 5 nitrogen and oxygen atoms in total. The van der Waals surface area contributed by atoms with Gasteiger partial charge in [0.25, 0.3) is 0 Å². The minimum Gasteiger partial charge on any atom is -0.315 e. The van der Waals surface area contributed by atoms with Crippen LogP contribution in [0.3, 0.4) is 0 Å². The third kappa shape index (κ3) is 5.61. The van der Waals surface area contributed by atoms with E-state index >= 15 is 0 Å². The summed E-state index contributed by atoms with van der Waals surface area (Å²) in [5, 5.41) is 3.56. The molecule has 0 bridgehead atoms. The number of piperazine rings is 1. The van der Waals surface area contributed by atoms with E-state index in [0.29, 0.717) is 6.04 Å². The zero-order valence-electron chi connectivity index (χ0n) is 13.3. The van der Waals surface area contributed by atoms with Crippen molar-refractivity contribution in [2.24, 2.45) is 0 Å². The van der Waals surface area contributed by atoms with Crippen LogP contribution in [0.2, 0.25) is 0 Å². The van der Waals surface area contributed by atoms with Crippen molar-refractivity contribution < 1.29 is 0 Å². The molecule has 0 saturated carbocycles. The van der Waals surface area contributed by atoms with Crippen LogP contribution >= 0.6 is 0 Å². The summed E-state index contributed by atoms with van der Waals surface area (Å²) in [5.41, 5.74) is 0.0861. The van der Waals surface area contributed by atoms with E-state index in [1.54, 1.807) is 16.7 Å². The molecule has 2 rings (SSSR count). The van der Waals surface area contributed by atoms with Crippen molar-refractivity contribution in [1.29, 1.82) is 0 Å². The summed E-state index contributed by atoms with van der Waals surface area (Å²) >= 11 is 0. The van der Waals surface area contributed by atoms with Gasteiger partial charge < -0.3 is 14.8 Å². The third-order valence-electron chi connectivity index (χ3n) is 4.10. The monoisotopic (exact) mass is 292 g/mol. The SMILES string of the molecule is CC(CN1CCN(C)CC1)NCCCn1ccccc1=O. The highest BCUT2D eigenvalue weighted by Crippen LogP contribution is 2.00. The van der Waals surface area contributed by atoms with Crippen LogP contribution in [0.25, 0.3) is 0 Å².